The lowest BCUT2D eigenvalue weighted by Gasteiger charge is -2.15. The molecule has 0 amide bonds. The number of fused-ring (bicyclic) bond motifs is 1. The summed E-state index contributed by atoms with van der Waals surface area (Å²) in [4.78, 5) is 9.81. The number of hydrogen-bond donors (Lipinski definition) is 0. The first-order valence-corrected chi connectivity index (χ1v) is 11.6. The molecule has 0 fully saturated rings. The summed E-state index contributed by atoms with van der Waals surface area (Å²) < 4.78 is 39.8. The Morgan fingerprint density at radius 1 is 0.935 bits per heavy atom. The Balaban J connectivity index is 1.88. The summed E-state index contributed by atoms with van der Waals surface area (Å²) in [7, 11) is -4.15. The lowest BCUT2D eigenvalue weighted by Crippen LogP contribution is -2.15. The van der Waals surface area contributed by atoms with E-state index in [2.05, 4.69) is 9.97 Å². The second-order valence-electron chi connectivity index (χ2n) is 6.83. The van der Waals surface area contributed by atoms with Crippen molar-refractivity contribution in [2.45, 2.75) is 27.0 Å². The van der Waals surface area contributed by atoms with Gasteiger partial charge in [-0.15, -0.1) is 0 Å². The van der Waals surface area contributed by atoms with Gasteiger partial charge in [0.25, 0.3) is 0 Å². The average Bonchev–Trinajstić information content (AvgIpc) is 2.76. The molecule has 31 heavy (non-hydrogen) atoms. The molecule has 0 N–H and O–H groups in total. The number of hydrogen-bond acceptors (Lipinski definition) is 6. The van der Waals surface area contributed by atoms with Crippen LogP contribution >= 0.6 is 11.8 Å². The molecule has 0 aliphatic heterocycles. The van der Waals surface area contributed by atoms with E-state index in [0.29, 0.717) is 16.1 Å². The minimum atomic E-state index is -4.15. The number of benzene rings is 3. The van der Waals surface area contributed by atoms with E-state index in [0.717, 1.165) is 34.7 Å². The Morgan fingerprint density at radius 2 is 1.55 bits per heavy atom. The highest BCUT2D eigenvalue weighted by Crippen LogP contribution is 2.37. The van der Waals surface area contributed by atoms with Gasteiger partial charge < -0.3 is 0 Å². The molecule has 0 saturated carbocycles. The summed E-state index contributed by atoms with van der Waals surface area (Å²) in [6.07, 6.45) is 0. The van der Waals surface area contributed by atoms with Crippen molar-refractivity contribution in [2.24, 2.45) is 0 Å². The Kier molecular flexibility index (Phi) is 5.72. The van der Waals surface area contributed by atoms with E-state index in [4.69, 9.17) is 0 Å². The molecule has 8 heteroatoms. The summed E-state index contributed by atoms with van der Waals surface area (Å²) in [5, 5.41) is 8.59. The largest absolute Gasteiger partial charge is 0.246 e. The van der Waals surface area contributed by atoms with Crippen LogP contribution in [-0.4, -0.2) is 18.4 Å². The Hall–Kier alpha value is -3.28. The van der Waals surface area contributed by atoms with Crippen molar-refractivity contribution in [1.82, 2.24) is 9.97 Å². The van der Waals surface area contributed by atoms with Crippen LogP contribution in [0.4, 0.5) is 4.39 Å². The van der Waals surface area contributed by atoms with Crippen LogP contribution in [0.1, 0.15) is 16.5 Å². The van der Waals surface area contributed by atoms with Gasteiger partial charge in [-0.3, -0.25) is 0 Å². The molecule has 4 rings (SSSR count). The first kappa shape index (κ1) is 21.0. The molecule has 1 unspecified atom stereocenters. The summed E-state index contributed by atoms with van der Waals surface area (Å²) in [5.74, 6) is -0.562. The van der Waals surface area contributed by atoms with Crippen LogP contribution in [0, 0.1) is 24.1 Å². The Morgan fingerprint density at radius 3 is 2.16 bits per heavy atom. The normalized spacial score (nSPS) is 12.4. The lowest BCUT2D eigenvalue weighted by molar-refractivity contribution is 0.588. The first-order valence-electron chi connectivity index (χ1n) is 9.29. The molecule has 0 aliphatic carbocycles. The van der Waals surface area contributed by atoms with Gasteiger partial charge in [-0.05, 0) is 55.5 Å². The molecule has 4 aromatic rings. The van der Waals surface area contributed by atoms with Crippen molar-refractivity contribution in [2.75, 3.05) is 0 Å². The number of para-hydroxylation sites is 2. The van der Waals surface area contributed by atoms with Crippen LogP contribution in [0.3, 0.4) is 0 Å². The van der Waals surface area contributed by atoms with Gasteiger partial charge in [0, 0.05) is 4.90 Å². The maximum absolute atomic E-state index is 13.3. The zero-order valence-electron chi connectivity index (χ0n) is 16.4. The van der Waals surface area contributed by atoms with Crippen molar-refractivity contribution in [3.63, 3.8) is 0 Å². The number of nitrogens with zero attached hydrogens (tertiary/aromatic N) is 3. The summed E-state index contributed by atoms with van der Waals surface area (Å²) in [6, 6.07) is 21.0. The third-order valence-electron chi connectivity index (χ3n) is 4.62. The van der Waals surface area contributed by atoms with Crippen LogP contribution in [0.2, 0.25) is 0 Å². The number of nitriles is 1. The smallest absolute Gasteiger partial charge is 0.200 e. The molecule has 1 atom stereocenters. The van der Waals surface area contributed by atoms with E-state index in [9.17, 15) is 18.1 Å². The maximum atomic E-state index is 13.3. The van der Waals surface area contributed by atoms with Gasteiger partial charge in [0.1, 0.15) is 16.5 Å². The van der Waals surface area contributed by atoms with Crippen molar-refractivity contribution in [1.29, 1.82) is 5.26 Å². The summed E-state index contributed by atoms with van der Waals surface area (Å²) in [5.41, 5.74) is 2.22. The van der Waals surface area contributed by atoms with Crippen LogP contribution < -0.4 is 0 Å². The van der Waals surface area contributed by atoms with Gasteiger partial charge >= 0.3 is 0 Å². The predicted octanol–water partition coefficient (Wildman–Crippen LogP) is 5.27. The Bertz CT molecular complexity index is 1400. The van der Waals surface area contributed by atoms with Gasteiger partial charge in [0.05, 0.1) is 22.0 Å². The predicted molar refractivity (Wildman–Crippen MR) is 117 cm³/mol. The van der Waals surface area contributed by atoms with Crippen molar-refractivity contribution >= 4 is 32.6 Å². The van der Waals surface area contributed by atoms with Gasteiger partial charge in [-0.25, -0.2) is 22.8 Å². The van der Waals surface area contributed by atoms with E-state index in [1.165, 1.54) is 11.8 Å². The molecule has 3 aromatic carbocycles. The number of halogens is 1. The standard InChI is InChI=1S/C23H16FN3O2S2/c1-15-6-10-17(11-7-15)30-23-22(26-19-4-2-3-5-20(19)27-23)21(14-25)31(28,29)18-12-8-16(24)9-13-18/h2-13,21H,1H3. The SMILES string of the molecule is Cc1ccc(Sc2nc3ccccc3nc2C(C#N)S(=O)(=O)c2ccc(F)cc2)cc1. The van der Waals surface area contributed by atoms with Crippen molar-refractivity contribution in [3.05, 3.63) is 89.9 Å². The zero-order valence-corrected chi connectivity index (χ0v) is 18.0. The first-order chi connectivity index (χ1) is 14.9. The second kappa shape index (κ2) is 8.46. The van der Waals surface area contributed by atoms with Crippen LogP contribution in [-0.2, 0) is 9.84 Å². The maximum Gasteiger partial charge on any atom is 0.200 e. The highest BCUT2D eigenvalue weighted by Gasteiger charge is 2.33. The molecular formula is C23H16FN3O2S2. The topological polar surface area (TPSA) is 83.7 Å². The minimum Gasteiger partial charge on any atom is -0.246 e. The second-order valence-corrected chi connectivity index (χ2v) is 9.92. The molecular weight excluding hydrogens is 433 g/mol. The van der Waals surface area contributed by atoms with E-state index in [-0.39, 0.29) is 10.6 Å². The number of aromatic nitrogens is 2. The summed E-state index contributed by atoms with van der Waals surface area (Å²) in [6.45, 7) is 1.97. The lowest BCUT2D eigenvalue weighted by atomic mass is 10.2. The molecule has 5 nitrogen and oxygen atoms in total. The van der Waals surface area contributed by atoms with Crippen LogP contribution in [0.15, 0.2) is 87.6 Å². The summed E-state index contributed by atoms with van der Waals surface area (Å²) >= 11 is 1.25. The zero-order chi connectivity index (χ0) is 22.0. The number of sulfone groups is 1. The van der Waals surface area contributed by atoms with E-state index < -0.39 is 20.9 Å². The molecule has 154 valence electrons. The fraction of sp³-hybridized carbons (Fsp3) is 0.0870. The molecule has 0 radical (unpaired) electrons. The van der Waals surface area contributed by atoms with Gasteiger partial charge in [0.15, 0.2) is 5.25 Å². The van der Waals surface area contributed by atoms with Gasteiger partial charge in [-0.1, -0.05) is 41.6 Å². The fourth-order valence-electron chi connectivity index (χ4n) is 3.00. The molecule has 0 spiro atoms. The van der Waals surface area contributed by atoms with Gasteiger partial charge in [0.2, 0.25) is 9.84 Å². The van der Waals surface area contributed by atoms with E-state index in [1.54, 1.807) is 18.2 Å². The van der Waals surface area contributed by atoms with Crippen molar-refractivity contribution < 1.29 is 12.8 Å². The fourth-order valence-corrected chi connectivity index (χ4v) is 5.37. The molecule has 0 saturated heterocycles. The molecule has 1 aromatic heterocycles. The molecule has 0 bridgehead atoms. The number of aryl methyl sites for hydroxylation is 1. The van der Waals surface area contributed by atoms with Gasteiger partial charge in [-0.2, -0.15) is 5.26 Å². The Labute approximate surface area is 183 Å². The average molecular weight is 450 g/mol. The monoisotopic (exact) mass is 449 g/mol. The molecule has 1 heterocycles. The highest BCUT2D eigenvalue weighted by molar-refractivity contribution is 7.99. The van der Waals surface area contributed by atoms with E-state index in [1.807, 2.05) is 43.3 Å². The van der Waals surface area contributed by atoms with Crippen molar-refractivity contribution in [3.8, 4) is 6.07 Å². The van der Waals surface area contributed by atoms with Crippen LogP contribution in [0.25, 0.3) is 11.0 Å². The quantitative estimate of drug-likeness (QED) is 0.386. The minimum absolute atomic E-state index is 0.0519. The number of rotatable bonds is 5. The highest BCUT2D eigenvalue weighted by atomic mass is 32.2. The molecule has 0 aliphatic rings. The van der Waals surface area contributed by atoms with Crippen LogP contribution in [0.5, 0.6) is 0 Å². The third-order valence-corrected chi connectivity index (χ3v) is 7.50. The van der Waals surface area contributed by atoms with E-state index >= 15 is 0 Å². The third kappa shape index (κ3) is 4.29.